The Kier molecular flexibility index (Phi) is 5.82. The molecule has 156 valence electrons. The van der Waals surface area contributed by atoms with Gasteiger partial charge in [-0.2, -0.15) is 0 Å². The fourth-order valence-corrected chi connectivity index (χ4v) is 4.30. The largest absolute Gasteiger partial charge is 0.494 e. The van der Waals surface area contributed by atoms with Crippen LogP contribution >= 0.6 is 11.6 Å². The van der Waals surface area contributed by atoms with Crippen molar-refractivity contribution < 1.29 is 14.3 Å². The van der Waals surface area contributed by atoms with Gasteiger partial charge in [0.15, 0.2) is 0 Å². The molecule has 0 radical (unpaired) electrons. The van der Waals surface area contributed by atoms with Gasteiger partial charge in [-0.25, -0.2) is 4.90 Å². The van der Waals surface area contributed by atoms with Gasteiger partial charge in [0.1, 0.15) is 11.4 Å². The summed E-state index contributed by atoms with van der Waals surface area (Å²) in [6.45, 7) is 6.22. The quantitative estimate of drug-likeness (QED) is 0.649. The summed E-state index contributed by atoms with van der Waals surface area (Å²) in [5, 5.41) is 0.558. The van der Waals surface area contributed by atoms with Crippen molar-refractivity contribution in [2.24, 2.45) is 5.92 Å². The lowest BCUT2D eigenvalue weighted by Crippen LogP contribution is -2.39. The van der Waals surface area contributed by atoms with Gasteiger partial charge in [0.25, 0.3) is 11.8 Å². The summed E-state index contributed by atoms with van der Waals surface area (Å²) in [4.78, 5) is 30.4. The van der Waals surface area contributed by atoms with Crippen LogP contribution < -0.4 is 9.64 Å². The molecule has 1 fully saturated rings. The predicted molar refractivity (Wildman–Crippen MR) is 118 cm³/mol. The van der Waals surface area contributed by atoms with Crippen LogP contribution in [0.1, 0.15) is 32.3 Å². The first-order valence-corrected chi connectivity index (χ1v) is 10.7. The van der Waals surface area contributed by atoms with Crippen molar-refractivity contribution in [3.8, 4) is 5.75 Å². The van der Waals surface area contributed by atoms with E-state index in [1.807, 2.05) is 31.2 Å². The normalized spacial score (nSPS) is 19.6. The van der Waals surface area contributed by atoms with Crippen LogP contribution in [0.3, 0.4) is 0 Å². The molecule has 6 heteroatoms. The zero-order valence-electron chi connectivity index (χ0n) is 17.2. The van der Waals surface area contributed by atoms with E-state index < -0.39 is 0 Å². The number of carbonyl (C=O) groups is 2. The zero-order valence-corrected chi connectivity index (χ0v) is 18.0. The second-order valence-electron chi connectivity index (χ2n) is 7.80. The fourth-order valence-electron chi connectivity index (χ4n) is 4.17. The van der Waals surface area contributed by atoms with Crippen molar-refractivity contribution in [1.29, 1.82) is 0 Å². The first-order chi connectivity index (χ1) is 14.5. The molecule has 0 N–H and O–H groups in total. The van der Waals surface area contributed by atoms with Crippen molar-refractivity contribution in [3.05, 3.63) is 64.8 Å². The highest BCUT2D eigenvalue weighted by molar-refractivity contribution is 6.45. The summed E-state index contributed by atoms with van der Waals surface area (Å²) >= 11 is 6.00. The third-order valence-electron chi connectivity index (χ3n) is 5.57. The van der Waals surface area contributed by atoms with Gasteiger partial charge in [0.2, 0.25) is 0 Å². The molecule has 0 saturated carbocycles. The van der Waals surface area contributed by atoms with Gasteiger partial charge in [-0.1, -0.05) is 30.7 Å². The highest BCUT2D eigenvalue weighted by Crippen LogP contribution is 2.37. The number of imide groups is 1. The predicted octanol–water partition coefficient (Wildman–Crippen LogP) is 4.76. The second kappa shape index (κ2) is 8.52. The van der Waals surface area contributed by atoms with Crippen LogP contribution in [0.4, 0.5) is 5.69 Å². The van der Waals surface area contributed by atoms with Gasteiger partial charge in [0.05, 0.1) is 17.9 Å². The molecule has 1 unspecified atom stereocenters. The topological polar surface area (TPSA) is 49.9 Å². The highest BCUT2D eigenvalue weighted by atomic mass is 35.5. The number of hydrogen-bond acceptors (Lipinski definition) is 4. The Bertz CT molecular complexity index is 983. The Morgan fingerprint density at radius 2 is 1.73 bits per heavy atom. The number of halogens is 1. The monoisotopic (exact) mass is 424 g/mol. The van der Waals surface area contributed by atoms with E-state index in [4.69, 9.17) is 16.3 Å². The highest BCUT2D eigenvalue weighted by Gasteiger charge is 2.43. The van der Waals surface area contributed by atoms with Crippen LogP contribution in [-0.4, -0.2) is 36.4 Å². The molecule has 4 rings (SSSR count). The summed E-state index contributed by atoms with van der Waals surface area (Å²) in [6, 6.07) is 14.2. The van der Waals surface area contributed by atoms with Gasteiger partial charge in [0, 0.05) is 18.1 Å². The van der Waals surface area contributed by atoms with Crippen LogP contribution in [0, 0.1) is 5.92 Å². The molecule has 2 aromatic rings. The molecule has 0 aliphatic carbocycles. The van der Waals surface area contributed by atoms with E-state index in [9.17, 15) is 9.59 Å². The van der Waals surface area contributed by atoms with Crippen LogP contribution in [-0.2, 0) is 9.59 Å². The van der Waals surface area contributed by atoms with Crippen molar-refractivity contribution >= 4 is 34.7 Å². The Hall–Kier alpha value is -2.79. The maximum atomic E-state index is 13.5. The van der Waals surface area contributed by atoms with Gasteiger partial charge in [-0.15, -0.1) is 0 Å². The summed E-state index contributed by atoms with van der Waals surface area (Å²) in [7, 11) is 0. The number of rotatable bonds is 5. The summed E-state index contributed by atoms with van der Waals surface area (Å²) in [5.74, 6) is 0.627. The molecular formula is C24H25ClN2O3. The molecule has 5 nitrogen and oxygen atoms in total. The van der Waals surface area contributed by atoms with E-state index in [2.05, 4.69) is 11.8 Å². The third-order valence-corrected chi connectivity index (χ3v) is 5.82. The van der Waals surface area contributed by atoms with E-state index in [1.54, 1.807) is 24.3 Å². The minimum absolute atomic E-state index is 0.277. The van der Waals surface area contributed by atoms with E-state index in [-0.39, 0.29) is 11.8 Å². The minimum atomic E-state index is -0.306. The molecular weight excluding hydrogens is 400 g/mol. The minimum Gasteiger partial charge on any atom is -0.494 e. The molecule has 2 heterocycles. The molecule has 1 saturated heterocycles. The molecule has 0 bridgehead atoms. The van der Waals surface area contributed by atoms with E-state index in [0.717, 1.165) is 37.2 Å². The molecule has 2 amide bonds. The molecule has 0 spiro atoms. The number of anilines is 1. The number of hydrogen-bond donors (Lipinski definition) is 0. The molecule has 30 heavy (non-hydrogen) atoms. The van der Waals surface area contributed by atoms with E-state index >= 15 is 0 Å². The lowest BCUT2D eigenvalue weighted by atomic mass is 9.97. The Morgan fingerprint density at radius 3 is 2.37 bits per heavy atom. The molecule has 2 aromatic carbocycles. The van der Waals surface area contributed by atoms with E-state index in [0.29, 0.717) is 34.5 Å². The average Bonchev–Trinajstić information content (AvgIpc) is 3.00. The summed E-state index contributed by atoms with van der Waals surface area (Å²) in [6.07, 6.45) is 2.13. The molecule has 1 atom stereocenters. The molecule has 0 aromatic heterocycles. The van der Waals surface area contributed by atoms with Gasteiger partial charge < -0.3 is 9.64 Å². The lowest BCUT2D eigenvalue weighted by molar-refractivity contribution is -0.120. The molecule has 2 aliphatic rings. The Morgan fingerprint density at radius 1 is 1.03 bits per heavy atom. The number of piperidine rings is 1. The summed E-state index contributed by atoms with van der Waals surface area (Å²) in [5.41, 5.74) is 2.19. The first kappa shape index (κ1) is 20.5. The number of likely N-dealkylation sites (tertiary alicyclic amines) is 1. The van der Waals surface area contributed by atoms with Crippen molar-refractivity contribution in [2.75, 3.05) is 24.6 Å². The summed E-state index contributed by atoms with van der Waals surface area (Å²) < 4.78 is 5.53. The smallest absolute Gasteiger partial charge is 0.282 e. The van der Waals surface area contributed by atoms with Crippen molar-refractivity contribution in [1.82, 2.24) is 4.90 Å². The standard InChI is InChI=1S/C24H25ClN2O3/c1-3-30-20-12-6-17(7-13-20)21-22(26-14-4-5-16(2)15-26)24(29)27(23(21)28)19-10-8-18(25)9-11-19/h6-13,16H,3-5,14-15H2,1-2H3. The van der Waals surface area contributed by atoms with Crippen LogP contribution in [0.25, 0.3) is 5.57 Å². The maximum absolute atomic E-state index is 13.5. The molecule has 2 aliphatic heterocycles. The average molecular weight is 425 g/mol. The van der Waals surface area contributed by atoms with Crippen molar-refractivity contribution in [2.45, 2.75) is 26.7 Å². The number of nitrogens with zero attached hydrogens (tertiary/aromatic N) is 2. The maximum Gasteiger partial charge on any atom is 0.282 e. The van der Waals surface area contributed by atoms with E-state index in [1.165, 1.54) is 4.90 Å². The van der Waals surface area contributed by atoms with Crippen molar-refractivity contribution in [3.63, 3.8) is 0 Å². The Balaban J connectivity index is 1.78. The van der Waals surface area contributed by atoms with Gasteiger partial charge in [-0.05, 0) is 67.6 Å². The SMILES string of the molecule is CCOc1ccc(C2=C(N3CCCC(C)C3)C(=O)N(c3ccc(Cl)cc3)C2=O)cc1. The first-order valence-electron chi connectivity index (χ1n) is 10.4. The van der Waals surface area contributed by atoms with Gasteiger partial charge in [-0.3, -0.25) is 9.59 Å². The van der Waals surface area contributed by atoms with Crippen LogP contribution in [0.2, 0.25) is 5.02 Å². The van der Waals surface area contributed by atoms with Crippen LogP contribution in [0.5, 0.6) is 5.75 Å². The number of benzene rings is 2. The fraction of sp³-hybridized carbons (Fsp3) is 0.333. The number of amides is 2. The zero-order chi connectivity index (χ0) is 21.3. The second-order valence-corrected chi connectivity index (χ2v) is 8.23. The number of carbonyl (C=O) groups excluding carboxylic acids is 2. The number of ether oxygens (including phenoxy) is 1. The van der Waals surface area contributed by atoms with Gasteiger partial charge >= 0.3 is 0 Å². The van der Waals surface area contributed by atoms with Crippen LogP contribution in [0.15, 0.2) is 54.2 Å². The lowest BCUT2D eigenvalue weighted by Gasteiger charge is -2.33. The Labute approximate surface area is 181 Å². The third kappa shape index (κ3) is 3.82.